The summed E-state index contributed by atoms with van der Waals surface area (Å²) in [6, 6.07) is 6.15. The van der Waals surface area contributed by atoms with E-state index < -0.39 is 6.10 Å². The number of rotatable bonds is 7. The highest BCUT2D eigenvalue weighted by Crippen LogP contribution is 2.31. The average Bonchev–Trinajstić information content (AvgIpc) is 2.63. The molecule has 1 aromatic carbocycles. The second kappa shape index (κ2) is 9.59. The summed E-state index contributed by atoms with van der Waals surface area (Å²) < 4.78 is 11.9. The first-order valence-electron chi connectivity index (χ1n) is 10.6. The molecule has 4 heteroatoms. The Kier molecular flexibility index (Phi) is 7.17. The third-order valence-electron chi connectivity index (χ3n) is 6.04. The van der Waals surface area contributed by atoms with Gasteiger partial charge in [-0.3, -0.25) is 4.79 Å². The topological polar surface area (TPSA) is 55.8 Å². The van der Waals surface area contributed by atoms with E-state index in [4.69, 9.17) is 9.47 Å². The highest BCUT2D eigenvalue weighted by Gasteiger charge is 2.34. The van der Waals surface area contributed by atoms with Crippen molar-refractivity contribution >= 4 is 5.97 Å². The molecule has 1 aliphatic heterocycles. The summed E-state index contributed by atoms with van der Waals surface area (Å²) >= 11 is 0. The predicted molar refractivity (Wildman–Crippen MR) is 106 cm³/mol. The van der Waals surface area contributed by atoms with Gasteiger partial charge in [0, 0.05) is 6.42 Å². The van der Waals surface area contributed by atoms with Crippen LogP contribution in [0.1, 0.15) is 75.3 Å². The van der Waals surface area contributed by atoms with E-state index in [1.54, 1.807) is 0 Å². The van der Waals surface area contributed by atoms with Crippen molar-refractivity contribution in [2.75, 3.05) is 0 Å². The van der Waals surface area contributed by atoms with Crippen LogP contribution in [0.5, 0.6) is 5.75 Å². The molecule has 2 aliphatic rings. The number of esters is 1. The lowest BCUT2D eigenvalue weighted by Gasteiger charge is -2.33. The molecule has 0 radical (unpaired) electrons. The number of benzene rings is 1. The van der Waals surface area contributed by atoms with Crippen molar-refractivity contribution < 1.29 is 19.4 Å². The van der Waals surface area contributed by atoms with Gasteiger partial charge in [-0.1, -0.05) is 56.2 Å². The molecule has 4 nitrogen and oxygen atoms in total. The Hall–Kier alpha value is -1.55. The molecule has 1 aromatic rings. The molecule has 0 amide bonds. The van der Waals surface area contributed by atoms with Crippen molar-refractivity contribution in [3.05, 3.63) is 29.3 Å². The number of hydrogen-bond donors (Lipinski definition) is 1. The molecular formula is C23H34O4. The predicted octanol–water partition coefficient (Wildman–Crippen LogP) is 4.87. The van der Waals surface area contributed by atoms with Gasteiger partial charge in [-0.2, -0.15) is 0 Å². The number of aliphatic hydroxyl groups excluding tert-OH is 1. The third kappa shape index (κ3) is 5.97. The van der Waals surface area contributed by atoms with Gasteiger partial charge in [-0.05, 0) is 44.2 Å². The van der Waals surface area contributed by atoms with E-state index in [1.165, 1.54) is 44.1 Å². The second-order valence-corrected chi connectivity index (χ2v) is 8.48. The maximum absolute atomic E-state index is 11.8. The SMILES string of the molecule is Cc1ccc(OC(CCCC2CCCCC2)C2CC(O)CC(=O)O2)c(C)c1. The van der Waals surface area contributed by atoms with Crippen molar-refractivity contribution in [3.8, 4) is 5.75 Å². The molecule has 1 saturated carbocycles. The molecular weight excluding hydrogens is 340 g/mol. The largest absolute Gasteiger partial charge is 0.486 e. The molecule has 0 spiro atoms. The molecule has 1 saturated heterocycles. The van der Waals surface area contributed by atoms with Gasteiger partial charge in [0.05, 0.1) is 12.5 Å². The van der Waals surface area contributed by atoms with Crippen LogP contribution in [0.15, 0.2) is 18.2 Å². The van der Waals surface area contributed by atoms with Gasteiger partial charge in [0.1, 0.15) is 18.0 Å². The number of aryl methyl sites for hydroxylation is 2. The van der Waals surface area contributed by atoms with E-state index in [0.717, 1.165) is 30.1 Å². The van der Waals surface area contributed by atoms with Gasteiger partial charge in [0.25, 0.3) is 0 Å². The molecule has 2 fully saturated rings. The molecule has 0 aromatic heterocycles. The Morgan fingerprint density at radius 1 is 1.22 bits per heavy atom. The van der Waals surface area contributed by atoms with Crippen molar-refractivity contribution in [2.45, 2.75) is 96.4 Å². The number of cyclic esters (lactones) is 1. The molecule has 1 N–H and O–H groups in total. The molecule has 3 unspecified atom stereocenters. The minimum Gasteiger partial charge on any atom is -0.486 e. The van der Waals surface area contributed by atoms with Gasteiger partial charge in [0.15, 0.2) is 0 Å². The summed E-state index contributed by atoms with van der Waals surface area (Å²) in [5.74, 6) is 1.36. The molecule has 1 aliphatic carbocycles. The summed E-state index contributed by atoms with van der Waals surface area (Å²) in [5.41, 5.74) is 2.29. The first kappa shape index (κ1) is 20.2. The summed E-state index contributed by atoms with van der Waals surface area (Å²) in [4.78, 5) is 11.8. The highest BCUT2D eigenvalue weighted by molar-refractivity contribution is 5.71. The van der Waals surface area contributed by atoms with Crippen LogP contribution >= 0.6 is 0 Å². The number of carbonyl (C=O) groups excluding carboxylic acids is 1. The lowest BCUT2D eigenvalue weighted by Crippen LogP contribution is -2.43. The highest BCUT2D eigenvalue weighted by atomic mass is 16.6. The molecule has 150 valence electrons. The van der Waals surface area contributed by atoms with E-state index in [9.17, 15) is 9.90 Å². The first-order valence-corrected chi connectivity index (χ1v) is 10.6. The van der Waals surface area contributed by atoms with Crippen molar-refractivity contribution in [3.63, 3.8) is 0 Å². The average molecular weight is 375 g/mol. The first-order chi connectivity index (χ1) is 13.0. The standard InChI is InChI=1S/C23H34O4/c1-16-11-12-20(17(2)13-16)26-21(22-14-19(24)15-23(25)27-22)10-6-9-18-7-4-3-5-8-18/h11-13,18-19,21-22,24H,3-10,14-15H2,1-2H3. The third-order valence-corrected chi connectivity index (χ3v) is 6.04. The smallest absolute Gasteiger partial charge is 0.308 e. The maximum Gasteiger partial charge on any atom is 0.308 e. The molecule has 3 atom stereocenters. The molecule has 27 heavy (non-hydrogen) atoms. The summed E-state index contributed by atoms with van der Waals surface area (Å²) in [5, 5.41) is 10.0. The Balaban J connectivity index is 1.64. The lowest BCUT2D eigenvalue weighted by atomic mass is 9.85. The van der Waals surface area contributed by atoms with Gasteiger partial charge in [-0.15, -0.1) is 0 Å². The Bertz CT molecular complexity index is 621. The second-order valence-electron chi connectivity index (χ2n) is 8.48. The quantitative estimate of drug-likeness (QED) is 0.692. The van der Waals surface area contributed by atoms with Crippen molar-refractivity contribution in [2.24, 2.45) is 5.92 Å². The van der Waals surface area contributed by atoms with E-state index >= 15 is 0 Å². The van der Waals surface area contributed by atoms with Crippen LogP contribution < -0.4 is 4.74 Å². The number of ether oxygens (including phenoxy) is 2. The maximum atomic E-state index is 11.8. The van der Waals surface area contributed by atoms with Crippen LogP contribution in [0, 0.1) is 19.8 Å². The van der Waals surface area contributed by atoms with E-state index in [-0.39, 0.29) is 24.6 Å². The number of carbonyl (C=O) groups is 1. The Labute approximate surface area is 163 Å². The van der Waals surface area contributed by atoms with Crippen LogP contribution in [0.25, 0.3) is 0 Å². The van der Waals surface area contributed by atoms with Crippen LogP contribution in [0.2, 0.25) is 0 Å². The van der Waals surface area contributed by atoms with Crippen LogP contribution in [0.3, 0.4) is 0 Å². The van der Waals surface area contributed by atoms with Gasteiger partial charge < -0.3 is 14.6 Å². The number of aliphatic hydroxyl groups is 1. The van der Waals surface area contributed by atoms with Crippen LogP contribution in [0.4, 0.5) is 0 Å². The zero-order valence-electron chi connectivity index (χ0n) is 16.8. The zero-order valence-corrected chi connectivity index (χ0v) is 16.8. The normalized spacial score (nSPS) is 25.1. The summed E-state index contributed by atoms with van der Waals surface area (Å²) in [6.07, 6.45) is 9.31. The zero-order chi connectivity index (χ0) is 19.2. The molecule has 1 heterocycles. The molecule has 0 bridgehead atoms. The van der Waals surface area contributed by atoms with E-state index in [1.807, 2.05) is 19.1 Å². The van der Waals surface area contributed by atoms with Gasteiger partial charge in [-0.25, -0.2) is 0 Å². The minimum atomic E-state index is -0.625. The fourth-order valence-electron chi connectivity index (χ4n) is 4.54. The number of hydrogen-bond acceptors (Lipinski definition) is 4. The molecule has 3 rings (SSSR count). The van der Waals surface area contributed by atoms with Crippen LogP contribution in [-0.2, 0) is 9.53 Å². The van der Waals surface area contributed by atoms with Crippen molar-refractivity contribution in [1.29, 1.82) is 0 Å². The van der Waals surface area contributed by atoms with E-state index in [0.29, 0.717) is 6.42 Å². The minimum absolute atomic E-state index is 0.0921. The Morgan fingerprint density at radius 3 is 2.70 bits per heavy atom. The fraction of sp³-hybridized carbons (Fsp3) is 0.696. The Morgan fingerprint density at radius 2 is 2.00 bits per heavy atom. The van der Waals surface area contributed by atoms with Crippen LogP contribution in [-0.4, -0.2) is 29.4 Å². The van der Waals surface area contributed by atoms with E-state index in [2.05, 4.69) is 13.0 Å². The summed E-state index contributed by atoms with van der Waals surface area (Å²) in [7, 11) is 0. The lowest BCUT2D eigenvalue weighted by molar-refractivity contribution is -0.167. The van der Waals surface area contributed by atoms with Gasteiger partial charge in [0.2, 0.25) is 0 Å². The summed E-state index contributed by atoms with van der Waals surface area (Å²) in [6.45, 7) is 4.11. The monoisotopic (exact) mass is 374 g/mol. The van der Waals surface area contributed by atoms with Gasteiger partial charge >= 0.3 is 5.97 Å². The fourth-order valence-corrected chi connectivity index (χ4v) is 4.54. The van der Waals surface area contributed by atoms with Crippen molar-refractivity contribution in [1.82, 2.24) is 0 Å².